The monoisotopic (exact) mass is 423 g/mol. The van der Waals surface area contributed by atoms with Crippen molar-refractivity contribution in [2.75, 3.05) is 11.1 Å². The van der Waals surface area contributed by atoms with Gasteiger partial charge in [0.25, 0.3) is 5.91 Å². The lowest BCUT2D eigenvalue weighted by Gasteiger charge is -2.11. The lowest BCUT2D eigenvalue weighted by atomic mass is 10.1. The van der Waals surface area contributed by atoms with Crippen LogP contribution >= 0.6 is 23.1 Å². The highest BCUT2D eigenvalue weighted by atomic mass is 32.2. The minimum Gasteiger partial charge on any atom is -0.296 e. The topological polar surface area (TPSA) is 72.0 Å². The summed E-state index contributed by atoms with van der Waals surface area (Å²) in [6.07, 6.45) is -4.64. The van der Waals surface area contributed by atoms with Crippen LogP contribution in [-0.2, 0) is 6.18 Å². The van der Waals surface area contributed by atoms with E-state index in [2.05, 4.69) is 15.5 Å². The number of hydrogen-bond acceptors (Lipinski definition) is 6. The molecular weight excluding hydrogens is 411 g/mol. The van der Waals surface area contributed by atoms with E-state index in [1.807, 2.05) is 0 Å². The van der Waals surface area contributed by atoms with E-state index in [9.17, 15) is 22.8 Å². The maximum absolute atomic E-state index is 13.0. The van der Waals surface area contributed by atoms with Gasteiger partial charge in [-0.25, -0.2) is 0 Å². The lowest BCUT2D eigenvalue weighted by Crippen LogP contribution is -2.18. The highest BCUT2D eigenvalue weighted by Crippen LogP contribution is 2.32. The molecule has 0 radical (unpaired) electrons. The number of carbonyl (C=O) groups is 2. The van der Waals surface area contributed by atoms with Crippen LogP contribution in [0.1, 0.15) is 26.3 Å². The highest BCUT2D eigenvalue weighted by Gasteiger charge is 2.35. The van der Waals surface area contributed by atoms with Crippen molar-refractivity contribution >= 4 is 39.9 Å². The standard InChI is InChI=1S/C18H12F3N3O2S2/c19-18(20,21)13-9-5-4-8-12(13)15(26)22-16-23-24-17(28-16)27-10-14(25)11-6-2-1-3-7-11/h1-9H,10H2,(H,22,23,26). The number of anilines is 1. The first kappa shape index (κ1) is 20.0. The number of alkyl halides is 3. The fourth-order valence-electron chi connectivity index (χ4n) is 2.25. The van der Waals surface area contributed by atoms with Gasteiger partial charge >= 0.3 is 6.18 Å². The Morgan fingerprint density at radius 3 is 2.39 bits per heavy atom. The molecule has 1 N–H and O–H groups in total. The Morgan fingerprint density at radius 2 is 1.68 bits per heavy atom. The molecule has 1 aromatic heterocycles. The summed E-state index contributed by atoms with van der Waals surface area (Å²) in [5.41, 5.74) is -0.962. The third-order valence-electron chi connectivity index (χ3n) is 3.53. The number of thioether (sulfide) groups is 1. The summed E-state index contributed by atoms with van der Waals surface area (Å²) < 4.78 is 39.5. The largest absolute Gasteiger partial charge is 0.417 e. The van der Waals surface area contributed by atoms with E-state index >= 15 is 0 Å². The van der Waals surface area contributed by atoms with Crippen LogP contribution in [0, 0.1) is 0 Å². The van der Waals surface area contributed by atoms with E-state index in [-0.39, 0.29) is 16.7 Å². The Kier molecular flexibility index (Phi) is 6.10. The zero-order chi connectivity index (χ0) is 20.1. The minimum absolute atomic E-state index is 0.0524. The van der Waals surface area contributed by atoms with E-state index in [0.29, 0.717) is 9.90 Å². The SMILES string of the molecule is O=C(CSc1nnc(NC(=O)c2ccccc2C(F)(F)F)s1)c1ccccc1. The number of rotatable bonds is 6. The van der Waals surface area contributed by atoms with Gasteiger partial charge in [-0.15, -0.1) is 10.2 Å². The molecule has 2 aromatic carbocycles. The molecule has 0 saturated carbocycles. The van der Waals surface area contributed by atoms with Gasteiger partial charge in [0.2, 0.25) is 5.13 Å². The number of nitrogens with one attached hydrogen (secondary N) is 1. The van der Waals surface area contributed by atoms with Crippen LogP contribution in [0.3, 0.4) is 0 Å². The molecule has 0 saturated heterocycles. The summed E-state index contributed by atoms with van der Waals surface area (Å²) >= 11 is 2.12. The van der Waals surface area contributed by atoms with Gasteiger partial charge in [0.05, 0.1) is 16.9 Å². The number of Topliss-reactive ketones (excluding diaryl/α,β-unsaturated/α-hetero) is 1. The van der Waals surface area contributed by atoms with Crippen molar-refractivity contribution < 1.29 is 22.8 Å². The summed E-state index contributed by atoms with van der Waals surface area (Å²) in [6.45, 7) is 0. The minimum atomic E-state index is -4.64. The van der Waals surface area contributed by atoms with Gasteiger partial charge < -0.3 is 0 Å². The van der Waals surface area contributed by atoms with E-state index in [0.717, 1.165) is 35.2 Å². The van der Waals surface area contributed by atoms with Gasteiger partial charge in [-0.2, -0.15) is 13.2 Å². The van der Waals surface area contributed by atoms with Gasteiger partial charge in [0.15, 0.2) is 10.1 Å². The second kappa shape index (κ2) is 8.53. The molecular formula is C18H12F3N3O2S2. The Balaban J connectivity index is 1.64. The molecule has 0 aliphatic rings. The number of aromatic nitrogens is 2. The van der Waals surface area contributed by atoms with Gasteiger partial charge in [-0.05, 0) is 12.1 Å². The number of amides is 1. The van der Waals surface area contributed by atoms with E-state index in [4.69, 9.17) is 0 Å². The Bertz CT molecular complexity index is 991. The fourth-order valence-corrected chi connectivity index (χ4v) is 3.89. The van der Waals surface area contributed by atoms with Crippen LogP contribution in [0.2, 0.25) is 0 Å². The number of benzene rings is 2. The molecule has 0 unspecified atom stereocenters. The van der Waals surface area contributed by atoms with Crippen LogP contribution in [0.5, 0.6) is 0 Å². The summed E-state index contributed by atoms with van der Waals surface area (Å²) in [5.74, 6) is -0.893. The Hall–Kier alpha value is -2.72. The molecule has 1 heterocycles. The third-order valence-corrected chi connectivity index (χ3v) is 5.50. The number of nitrogens with zero attached hydrogens (tertiary/aromatic N) is 2. The normalized spacial score (nSPS) is 11.2. The molecule has 0 aliphatic heterocycles. The smallest absolute Gasteiger partial charge is 0.296 e. The first-order chi connectivity index (χ1) is 13.3. The van der Waals surface area contributed by atoms with Gasteiger partial charge in [-0.3, -0.25) is 14.9 Å². The lowest BCUT2D eigenvalue weighted by molar-refractivity contribution is -0.137. The van der Waals surface area contributed by atoms with Crippen molar-refractivity contribution in [2.45, 2.75) is 10.5 Å². The van der Waals surface area contributed by atoms with E-state index in [1.165, 1.54) is 12.1 Å². The average molecular weight is 423 g/mol. The summed E-state index contributed by atoms with van der Waals surface area (Å²) in [6, 6.07) is 13.2. The predicted molar refractivity (Wildman–Crippen MR) is 101 cm³/mol. The molecule has 10 heteroatoms. The molecule has 0 atom stereocenters. The van der Waals surface area contributed by atoms with E-state index < -0.39 is 23.2 Å². The van der Waals surface area contributed by atoms with Crippen molar-refractivity contribution in [1.82, 2.24) is 10.2 Å². The molecule has 3 aromatic rings. The number of halogens is 3. The summed E-state index contributed by atoms with van der Waals surface area (Å²) in [5, 5.41) is 9.96. The first-order valence-electron chi connectivity index (χ1n) is 7.87. The Labute approximate surface area is 166 Å². The molecule has 0 spiro atoms. The van der Waals surface area contributed by atoms with Gasteiger partial charge in [-0.1, -0.05) is 65.6 Å². The number of carbonyl (C=O) groups excluding carboxylic acids is 2. The van der Waals surface area contributed by atoms with Crippen LogP contribution < -0.4 is 5.32 Å². The van der Waals surface area contributed by atoms with Crippen LogP contribution in [0.15, 0.2) is 58.9 Å². The van der Waals surface area contributed by atoms with Gasteiger partial charge in [0, 0.05) is 5.56 Å². The third kappa shape index (κ3) is 4.96. The first-order valence-corrected chi connectivity index (χ1v) is 9.67. The van der Waals surface area contributed by atoms with Gasteiger partial charge in [0.1, 0.15) is 0 Å². The second-order valence-electron chi connectivity index (χ2n) is 5.45. The molecule has 1 amide bonds. The summed E-state index contributed by atoms with van der Waals surface area (Å²) in [4.78, 5) is 24.3. The Morgan fingerprint density at radius 1 is 1.00 bits per heavy atom. The zero-order valence-corrected chi connectivity index (χ0v) is 15.7. The molecule has 144 valence electrons. The maximum Gasteiger partial charge on any atom is 0.417 e. The van der Waals surface area contributed by atoms with Crippen molar-refractivity contribution in [3.63, 3.8) is 0 Å². The summed E-state index contributed by atoms with van der Waals surface area (Å²) in [7, 11) is 0. The molecule has 5 nitrogen and oxygen atoms in total. The fraction of sp³-hybridized carbons (Fsp3) is 0.111. The zero-order valence-electron chi connectivity index (χ0n) is 14.1. The van der Waals surface area contributed by atoms with Crippen molar-refractivity contribution in [1.29, 1.82) is 0 Å². The average Bonchev–Trinajstić information content (AvgIpc) is 3.13. The van der Waals surface area contributed by atoms with Crippen molar-refractivity contribution in [2.24, 2.45) is 0 Å². The number of ketones is 1. The molecule has 28 heavy (non-hydrogen) atoms. The van der Waals surface area contributed by atoms with Crippen molar-refractivity contribution in [3.8, 4) is 0 Å². The molecule has 0 bridgehead atoms. The number of hydrogen-bond donors (Lipinski definition) is 1. The van der Waals surface area contributed by atoms with Crippen LogP contribution in [0.4, 0.5) is 18.3 Å². The molecule has 3 rings (SSSR count). The quantitative estimate of drug-likeness (QED) is 0.351. The predicted octanol–water partition coefficient (Wildman–Crippen LogP) is 4.78. The highest BCUT2D eigenvalue weighted by molar-refractivity contribution is 8.01. The molecule has 0 aliphatic carbocycles. The maximum atomic E-state index is 13.0. The second-order valence-corrected chi connectivity index (χ2v) is 7.65. The van der Waals surface area contributed by atoms with Crippen LogP contribution in [0.25, 0.3) is 0 Å². The van der Waals surface area contributed by atoms with E-state index in [1.54, 1.807) is 30.3 Å². The van der Waals surface area contributed by atoms with Crippen molar-refractivity contribution in [3.05, 3.63) is 71.3 Å². The van der Waals surface area contributed by atoms with Crippen LogP contribution in [-0.4, -0.2) is 27.6 Å². The molecule has 0 fully saturated rings.